The number of unbranched alkanes of at least 4 members (excludes halogenated alkanes) is 14. The molecule has 0 aromatic rings. The Bertz CT molecular complexity index is 408. The van der Waals surface area contributed by atoms with Crippen LogP contribution in [0.1, 0.15) is 110 Å². The maximum Gasteiger partial charge on any atom is 1.00 e. The van der Waals surface area contributed by atoms with E-state index in [1.807, 2.05) is 0 Å². The average molecular weight is 439 g/mol. The summed E-state index contributed by atoms with van der Waals surface area (Å²) in [6.07, 6.45) is 21.1. The van der Waals surface area contributed by atoms with Crippen LogP contribution in [0.4, 0.5) is 0 Å². The van der Waals surface area contributed by atoms with Gasteiger partial charge >= 0.3 is 63.3 Å². The number of carboxylic acid groups (broad SMARTS) is 3. The Balaban J connectivity index is -0.000000636. The predicted octanol–water partition coefficient (Wildman–Crippen LogP) is 1.71. The Labute approximate surface area is 219 Å². The first-order chi connectivity index (χ1) is 13.4. The third-order valence-electron chi connectivity index (χ3n) is 4.36. The van der Waals surface area contributed by atoms with E-state index in [1.54, 1.807) is 0 Å². The molecule has 164 valence electrons. The minimum absolute atomic E-state index is 0. The zero-order valence-electron chi connectivity index (χ0n) is 18.5. The molecule has 0 atom stereocenters. The van der Waals surface area contributed by atoms with Gasteiger partial charge in [0.15, 0.2) is 0 Å². The van der Waals surface area contributed by atoms with Crippen LogP contribution in [0.25, 0.3) is 0 Å². The summed E-state index contributed by atoms with van der Waals surface area (Å²) in [4.78, 5) is 29.3. The molecule has 0 aromatic heterocycles. The van der Waals surface area contributed by atoms with E-state index >= 15 is 0 Å². The Morgan fingerprint density at radius 2 is 1.00 bits per heavy atom. The molecule has 0 amide bonds. The number of hydrogen-bond acceptors (Lipinski definition) is 4. The first-order valence-electron chi connectivity index (χ1n) is 10.7. The van der Waals surface area contributed by atoms with Gasteiger partial charge in [-0.25, -0.2) is 4.79 Å². The van der Waals surface area contributed by atoms with Crippen molar-refractivity contribution in [2.45, 2.75) is 110 Å². The van der Waals surface area contributed by atoms with Crippen molar-refractivity contribution in [2.24, 2.45) is 0 Å². The quantitative estimate of drug-likeness (QED) is 0.191. The summed E-state index contributed by atoms with van der Waals surface area (Å²) in [7, 11) is 0. The van der Waals surface area contributed by atoms with E-state index in [4.69, 9.17) is 10.2 Å². The number of carboxylic acids is 3. The number of hydrogen-bond donors (Lipinski definition) is 2. The number of carbonyl (C=O) groups excluding carboxylic acids is 1. The third kappa shape index (κ3) is 38.9. The van der Waals surface area contributed by atoms with Crippen molar-refractivity contribution < 1.29 is 81.1 Å². The summed E-state index contributed by atoms with van der Waals surface area (Å²) >= 11 is 0. The van der Waals surface area contributed by atoms with Crippen LogP contribution in [0.3, 0.4) is 0 Å². The van der Waals surface area contributed by atoms with E-state index in [0.29, 0.717) is 18.6 Å². The fourth-order valence-electron chi connectivity index (χ4n) is 2.79. The van der Waals surface area contributed by atoms with Gasteiger partial charge in [0.2, 0.25) is 0 Å². The maximum atomic E-state index is 10.3. The van der Waals surface area contributed by atoms with Crippen LogP contribution in [-0.2, 0) is 14.4 Å². The van der Waals surface area contributed by atoms with Crippen LogP contribution < -0.4 is 56.5 Å². The van der Waals surface area contributed by atoms with Crippen molar-refractivity contribution in [1.29, 1.82) is 0 Å². The Morgan fingerprint density at radius 1 is 0.655 bits per heavy atom. The van der Waals surface area contributed by atoms with Crippen molar-refractivity contribution in [3.63, 3.8) is 0 Å². The van der Waals surface area contributed by atoms with Crippen molar-refractivity contribution in [3.05, 3.63) is 12.2 Å². The molecule has 2 N–H and O–H groups in total. The number of rotatable bonds is 18. The van der Waals surface area contributed by atoms with Crippen LogP contribution in [0.15, 0.2) is 12.2 Å². The van der Waals surface area contributed by atoms with E-state index in [-0.39, 0.29) is 51.4 Å². The molecule has 6 nitrogen and oxygen atoms in total. The van der Waals surface area contributed by atoms with Gasteiger partial charge in [-0.2, -0.15) is 0 Å². The zero-order valence-corrected chi connectivity index (χ0v) is 21.6. The average Bonchev–Trinajstić information content (AvgIpc) is 2.63. The van der Waals surface area contributed by atoms with Gasteiger partial charge in [-0.15, -0.1) is 0 Å². The minimum Gasteiger partial charge on any atom is -0.545 e. The van der Waals surface area contributed by atoms with Crippen LogP contribution in [0.2, 0.25) is 0 Å². The van der Waals surface area contributed by atoms with Crippen LogP contribution in [0, 0.1) is 0 Å². The molecule has 0 rings (SSSR count). The first-order valence-corrected chi connectivity index (χ1v) is 10.7. The first kappa shape index (κ1) is 33.4. The molecule has 0 saturated carbocycles. The van der Waals surface area contributed by atoms with Gasteiger partial charge in [0, 0.05) is 12.5 Å². The van der Waals surface area contributed by atoms with Gasteiger partial charge in [0.1, 0.15) is 0 Å². The van der Waals surface area contributed by atoms with Gasteiger partial charge in [-0.1, -0.05) is 96.8 Å². The molecule has 0 bridgehead atoms. The summed E-state index contributed by atoms with van der Waals surface area (Å²) in [5, 5.41) is 25.7. The SMILES string of the molecule is CCCCCCCCCCCCCCCCCC(=O)O.O=C([O-])/C=C/C(=O)O.[K+]. The smallest absolute Gasteiger partial charge is 0.545 e. The molecule has 0 heterocycles. The predicted molar refractivity (Wildman–Crippen MR) is 109 cm³/mol. The van der Waals surface area contributed by atoms with Gasteiger partial charge < -0.3 is 20.1 Å². The molecular weight excluding hydrogens is 399 g/mol. The maximum absolute atomic E-state index is 10.3. The minimum atomic E-state index is -1.51. The molecule has 7 heteroatoms. The van der Waals surface area contributed by atoms with Crippen LogP contribution >= 0.6 is 0 Å². The molecule has 0 fully saturated rings. The number of carbonyl (C=O) groups is 3. The van der Waals surface area contributed by atoms with Crippen molar-refractivity contribution in [2.75, 3.05) is 0 Å². The van der Waals surface area contributed by atoms with Crippen molar-refractivity contribution in [1.82, 2.24) is 0 Å². The van der Waals surface area contributed by atoms with Crippen LogP contribution in [0.5, 0.6) is 0 Å². The van der Waals surface area contributed by atoms with Gasteiger partial charge in [-0.05, 0) is 12.5 Å². The van der Waals surface area contributed by atoms with Gasteiger partial charge in [0.25, 0.3) is 0 Å². The van der Waals surface area contributed by atoms with Crippen molar-refractivity contribution >= 4 is 17.9 Å². The van der Waals surface area contributed by atoms with E-state index < -0.39 is 17.9 Å². The fraction of sp³-hybridized carbons (Fsp3) is 0.773. The Morgan fingerprint density at radius 3 is 1.24 bits per heavy atom. The topological polar surface area (TPSA) is 115 Å². The second kappa shape index (κ2) is 27.8. The molecule has 0 radical (unpaired) electrons. The van der Waals surface area contributed by atoms with E-state index in [2.05, 4.69) is 6.92 Å². The second-order valence-corrected chi connectivity index (χ2v) is 7.08. The zero-order chi connectivity index (χ0) is 21.5. The fourth-order valence-corrected chi connectivity index (χ4v) is 2.79. The normalized spacial score (nSPS) is 10.1. The molecule has 0 saturated heterocycles. The largest absolute Gasteiger partial charge is 1.00 e. The van der Waals surface area contributed by atoms with E-state index in [0.717, 1.165) is 12.8 Å². The molecule has 29 heavy (non-hydrogen) atoms. The van der Waals surface area contributed by atoms with Gasteiger partial charge in [0.05, 0.1) is 5.97 Å². The van der Waals surface area contributed by atoms with E-state index in [1.165, 1.54) is 83.5 Å². The summed E-state index contributed by atoms with van der Waals surface area (Å²) < 4.78 is 0. The Hall–Kier alpha value is -0.214. The monoisotopic (exact) mass is 438 g/mol. The Kier molecular flexibility index (Phi) is 32.0. The summed E-state index contributed by atoms with van der Waals surface area (Å²) in [6.45, 7) is 2.27. The summed E-state index contributed by atoms with van der Waals surface area (Å²) in [5.74, 6) is -3.46. The molecule has 0 aliphatic rings. The molecule has 0 unspecified atom stereocenters. The summed E-state index contributed by atoms with van der Waals surface area (Å²) in [6, 6.07) is 0. The van der Waals surface area contributed by atoms with E-state index in [9.17, 15) is 19.5 Å². The molecule has 0 aliphatic heterocycles. The molecule has 0 spiro atoms. The summed E-state index contributed by atoms with van der Waals surface area (Å²) in [5.41, 5.74) is 0. The van der Waals surface area contributed by atoms with Crippen molar-refractivity contribution in [3.8, 4) is 0 Å². The number of aliphatic carboxylic acids is 3. The molecule has 0 aromatic carbocycles. The molecule has 0 aliphatic carbocycles. The third-order valence-corrected chi connectivity index (χ3v) is 4.36. The molecular formula is C22H39KO6. The van der Waals surface area contributed by atoms with Gasteiger partial charge in [-0.3, -0.25) is 4.79 Å². The standard InChI is InChI=1S/C18H36O2.C4H4O4.K/c1-2-3-4-5-6-7-8-9-10-11-12-13-14-15-16-17-18(19)20;5-3(6)1-2-4(7)8;/h2-17H2,1H3,(H,19,20);1-2H,(H,5,6)(H,7,8);/q;;+1/p-1/b;2-1+;. The second-order valence-electron chi connectivity index (χ2n) is 7.08. The van der Waals surface area contributed by atoms with Crippen LogP contribution in [-0.4, -0.2) is 28.1 Å².